The first-order valence-electron chi connectivity index (χ1n) is 5.57. The van der Waals surface area contributed by atoms with Crippen LogP contribution in [0, 0.1) is 0 Å². The van der Waals surface area contributed by atoms with Crippen LogP contribution in [0.5, 0.6) is 0 Å². The lowest BCUT2D eigenvalue weighted by Gasteiger charge is -2.41. The topological polar surface area (TPSA) is 91.3 Å². The highest BCUT2D eigenvalue weighted by molar-refractivity contribution is 5.67. The molecular weight excluding hydrogens is 244 g/mol. The van der Waals surface area contributed by atoms with E-state index in [1.54, 1.807) is 6.92 Å². The van der Waals surface area contributed by atoms with Crippen molar-refractivity contribution in [2.45, 2.75) is 51.5 Å². The molecule has 1 fully saturated rings. The third-order valence-corrected chi connectivity index (χ3v) is 2.62. The van der Waals surface area contributed by atoms with Crippen molar-refractivity contribution in [2.75, 3.05) is 7.11 Å². The highest BCUT2D eigenvalue weighted by atomic mass is 16.7. The van der Waals surface area contributed by atoms with Crippen LogP contribution in [0.1, 0.15) is 20.8 Å². The first-order chi connectivity index (χ1) is 8.36. The van der Waals surface area contributed by atoms with Crippen molar-refractivity contribution >= 4 is 11.9 Å². The average molecular weight is 262 g/mol. The second-order valence-electron chi connectivity index (χ2n) is 4.08. The lowest BCUT2D eigenvalue weighted by molar-refractivity contribution is -0.289. The van der Waals surface area contributed by atoms with Crippen molar-refractivity contribution < 1.29 is 33.6 Å². The van der Waals surface area contributed by atoms with Crippen molar-refractivity contribution in [3.63, 3.8) is 0 Å². The Morgan fingerprint density at radius 1 is 1.06 bits per heavy atom. The van der Waals surface area contributed by atoms with E-state index in [0.29, 0.717) is 0 Å². The van der Waals surface area contributed by atoms with Gasteiger partial charge in [-0.05, 0) is 6.92 Å². The Bertz CT molecular complexity index is 289. The molecule has 18 heavy (non-hydrogen) atoms. The molecule has 1 aliphatic rings. The maximum atomic E-state index is 11.0. The molecule has 1 N–H and O–H groups in total. The van der Waals surface area contributed by atoms with Crippen LogP contribution in [0.15, 0.2) is 0 Å². The summed E-state index contributed by atoms with van der Waals surface area (Å²) in [6.45, 7) is 4.09. The Morgan fingerprint density at radius 3 is 2.00 bits per heavy atom. The fourth-order valence-electron chi connectivity index (χ4n) is 1.93. The molecule has 0 unspecified atom stereocenters. The normalized spacial score (nSPS) is 35.9. The first kappa shape index (κ1) is 14.9. The Kier molecular flexibility index (Phi) is 5.06. The van der Waals surface area contributed by atoms with E-state index in [0.717, 1.165) is 0 Å². The molecule has 5 atom stereocenters. The molecule has 1 aliphatic heterocycles. The molecule has 0 spiro atoms. The Labute approximate surface area is 105 Å². The molecule has 0 amide bonds. The predicted molar refractivity (Wildman–Crippen MR) is 58.5 cm³/mol. The predicted octanol–water partition coefficient (Wildman–Crippen LogP) is -0.398. The van der Waals surface area contributed by atoms with Crippen LogP contribution in [0.3, 0.4) is 0 Å². The molecule has 0 radical (unpaired) electrons. The molecule has 104 valence electrons. The largest absolute Gasteiger partial charge is 0.457 e. The minimum Gasteiger partial charge on any atom is -0.457 e. The fraction of sp³-hybridized carbons (Fsp3) is 0.818. The van der Waals surface area contributed by atoms with Crippen LogP contribution >= 0.6 is 0 Å². The summed E-state index contributed by atoms with van der Waals surface area (Å²) in [5.41, 5.74) is 0. The van der Waals surface area contributed by atoms with Gasteiger partial charge in [0.2, 0.25) is 0 Å². The van der Waals surface area contributed by atoms with Gasteiger partial charge in [-0.2, -0.15) is 0 Å². The van der Waals surface area contributed by atoms with E-state index < -0.39 is 42.6 Å². The zero-order valence-electron chi connectivity index (χ0n) is 10.8. The summed E-state index contributed by atoms with van der Waals surface area (Å²) in [4.78, 5) is 22.0. The number of carbonyl (C=O) groups is 2. The van der Waals surface area contributed by atoms with Crippen molar-refractivity contribution in [1.82, 2.24) is 0 Å². The second kappa shape index (κ2) is 6.12. The number of rotatable bonds is 3. The molecule has 7 heteroatoms. The monoisotopic (exact) mass is 262 g/mol. The van der Waals surface area contributed by atoms with Gasteiger partial charge in [-0.25, -0.2) is 0 Å². The molecule has 0 aromatic rings. The molecule has 7 nitrogen and oxygen atoms in total. The van der Waals surface area contributed by atoms with Gasteiger partial charge in [0.15, 0.2) is 18.5 Å². The van der Waals surface area contributed by atoms with Crippen molar-refractivity contribution in [3.05, 3.63) is 0 Å². The average Bonchev–Trinajstić information content (AvgIpc) is 2.24. The third kappa shape index (κ3) is 3.41. The molecule has 1 heterocycles. The zero-order valence-corrected chi connectivity index (χ0v) is 10.8. The van der Waals surface area contributed by atoms with E-state index in [1.807, 2.05) is 0 Å². The first-order valence-corrected chi connectivity index (χ1v) is 5.57. The van der Waals surface area contributed by atoms with Crippen molar-refractivity contribution in [1.29, 1.82) is 0 Å². The SMILES string of the molecule is CO[C@@H]1[C@@H](OC(C)=O)[C@@H](O)O[C@@H](C)[C@H]1OC(C)=O. The van der Waals surface area contributed by atoms with Gasteiger partial charge in [0, 0.05) is 21.0 Å². The van der Waals surface area contributed by atoms with E-state index in [9.17, 15) is 14.7 Å². The van der Waals surface area contributed by atoms with Crippen LogP contribution in [0.4, 0.5) is 0 Å². The molecule has 0 saturated carbocycles. The number of hydrogen-bond donors (Lipinski definition) is 1. The van der Waals surface area contributed by atoms with Crippen molar-refractivity contribution in [3.8, 4) is 0 Å². The van der Waals surface area contributed by atoms with Gasteiger partial charge in [0.05, 0.1) is 6.10 Å². The summed E-state index contributed by atoms with van der Waals surface area (Å²) in [5, 5.41) is 9.72. The van der Waals surface area contributed by atoms with E-state index in [-0.39, 0.29) is 0 Å². The van der Waals surface area contributed by atoms with Gasteiger partial charge in [-0.1, -0.05) is 0 Å². The second-order valence-corrected chi connectivity index (χ2v) is 4.08. The molecule has 0 aromatic carbocycles. The number of methoxy groups -OCH3 is 1. The molecule has 0 aliphatic carbocycles. The van der Waals surface area contributed by atoms with Gasteiger partial charge < -0.3 is 24.1 Å². The fourth-order valence-corrected chi connectivity index (χ4v) is 1.93. The molecule has 1 saturated heterocycles. The number of aliphatic hydroxyl groups is 1. The number of hydrogen-bond acceptors (Lipinski definition) is 7. The van der Waals surface area contributed by atoms with Gasteiger partial charge in [0.1, 0.15) is 6.10 Å². The highest BCUT2D eigenvalue weighted by Gasteiger charge is 2.47. The van der Waals surface area contributed by atoms with E-state index >= 15 is 0 Å². The summed E-state index contributed by atoms with van der Waals surface area (Å²) in [6.07, 6.45) is -4.45. The van der Waals surface area contributed by atoms with E-state index in [1.165, 1.54) is 21.0 Å². The third-order valence-electron chi connectivity index (χ3n) is 2.62. The minimum atomic E-state index is -1.32. The van der Waals surface area contributed by atoms with Crippen LogP contribution in [-0.4, -0.2) is 54.9 Å². The lowest BCUT2D eigenvalue weighted by Crippen LogP contribution is -2.59. The van der Waals surface area contributed by atoms with Crippen LogP contribution < -0.4 is 0 Å². The summed E-state index contributed by atoms with van der Waals surface area (Å²) in [5.74, 6) is -1.09. The van der Waals surface area contributed by atoms with Crippen LogP contribution in [0.2, 0.25) is 0 Å². The maximum absolute atomic E-state index is 11.0. The zero-order chi connectivity index (χ0) is 13.9. The standard InChI is InChI=1S/C11H18O7/c1-5-8(17-6(2)12)9(15-4)10(11(14)16-5)18-7(3)13/h5,8-11,14H,1-4H3/t5-,8+,9-,10+,11-/m0/s1. The summed E-state index contributed by atoms with van der Waals surface area (Å²) < 4.78 is 20.3. The molecule has 0 bridgehead atoms. The number of ether oxygens (including phenoxy) is 4. The maximum Gasteiger partial charge on any atom is 0.303 e. The van der Waals surface area contributed by atoms with Crippen LogP contribution in [0.25, 0.3) is 0 Å². The Morgan fingerprint density at radius 2 is 1.56 bits per heavy atom. The van der Waals surface area contributed by atoms with E-state index in [2.05, 4.69) is 0 Å². The van der Waals surface area contributed by atoms with Gasteiger partial charge >= 0.3 is 11.9 Å². The highest BCUT2D eigenvalue weighted by Crippen LogP contribution is 2.26. The van der Waals surface area contributed by atoms with Crippen molar-refractivity contribution in [2.24, 2.45) is 0 Å². The number of aliphatic hydroxyl groups excluding tert-OH is 1. The number of carbonyl (C=O) groups excluding carboxylic acids is 2. The van der Waals surface area contributed by atoms with Gasteiger partial charge in [0.25, 0.3) is 0 Å². The molecular formula is C11H18O7. The summed E-state index contributed by atoms with van der Waals surface area (Å²) in [6, 6.07) is 0. The minimum absolute atomic E-state index is 0.504. The summed E-state index contributed by atoms with van der Waals surface area (Å²) in [7, 11) is 1.38. The van der Waals surface area contributed by atoms with Gasteiger partial charge in [-0.15, -0.1) is 0 Å². The smallest absolute Gasteiger partial charge is 0.303 e. The van der Waals surface area contributed by atoms with Crippen LogP contribution in [-0.2, 0) is 28.5 Å². The summed E-state index contributed by atoms with van der Waals surface area (Å²) >= 11 is 0. The quantitative estimate of drug-likeness (QED) is 0.692. The Hall–Kier alpha value is -1.18. The van der Waals surface area contributed by atoms with Gasteiger partial charge in [-0.3, -0.25) is 9.59 Å². The lowest BCUT2D eigenvalue weighted by atomic mass is 9.99. The molecule has 1 rings (SSSR count). The number of esters is 2. The van der Waals surface area contributed by atoms with E-state index in [4.69, 9.17) is 18.9 Å². The molecule has 0 aromatic heterocycles. The Balaban J connectivity index is 2.88.